The maximum atomic E-state index is 12.2. The van der Waals surface area contributed by atoms with Crippen LogP contribution in [0.5, 0.6) is 0 Å². The van der Waals surface area contributed by atoms with E-state index in [0.717, 1.165) is 25.3 Å². The van der Waals surface area contributed by atoms with E-state index < -0.39 is 0 Å². The van der Waals surface area contributed by atoms with Crippen molar-refractivity contribution in [2.75, 3.05) is 33.4 Å². The average molecular weight is 305 g/mol. The molecule has 1 N–H and O–H groups in total. The number of amides is 2. The summed E-state index contributed by atoms with van der Waals surface area (Å²) in [5.41, 5.74) is 1.13. The van der Waals surface area contributed by atoms with Crippen LogP contribution in [0.25, 0.3) is 0 Å². The first-order valence-electron chi connectivity index (χ1n) is 7.94. The Morgan fingerprint density at radius 1 is 1.45 bits per heavy atom. The van der Waals surface area contributed by atoms with Gasteiger partial charge in [0.2, 0.25) is 0 Å². The topological polar surface area (TPSA) is 44.8 Å². The van der Waals surface area contributed by atoms with E-state index in [9.17, 15) is 4.79 Å². The second-order valence-corrected chi connectivity index (χ2v) is 6.04. The van der Waals surface area contributed by atoms with Crippen molar-refractivity contribution >= 4 is 6.03 Å². The van der Waals surface area contributed by atoms with E-state index in [1.165, 1.54) is 0 Å². The number of carbonyl (C=O) groups is 1. The van der Waals surface area contributed by atoms with Crippen LogP contribution in [0, 0.1) is 0 Å². The molecule has 1 heterocycles. The molecule has 0 bridgehead atoms. The maximum Gasteiger partial charge on any atom is 0.317 e. The molecule has 5 heteroatoms. The lowest BCUT2D eigenvalue weighted by Gasteiger charge is -2.38. The molecule has 0 radical (unpaired) electrons. The normalized spacial score (nSPS) is 20.4. The molecule has 22 heavy (non-hydrogen) atoms. The number of hydrogen-bond acceptors (Lipinski definition) is 3. The third kappa shape index (κ3) is 4.71. The molecule has 0 aliphatic carbocycles. The molecule has 1 fully saturated rings. The van der Waals surface area contributed by atoms with Gasteiger partial charge in [0.1, 0.15) is 0 Å². The number of morpholine rings is 1. The van der Waals surface area contributed by atoms with E-state index in [0.29, 0.717) is 25.2 Å². The standard InChI is InChI=1S/C17H27N3O2/c1-14(20-9-10-22-13-15(20)2)11-18-17(21)19(3)12-16-7-5-4-6-8-16/h4-8,14-15H,9-13H2,1-3H3,(H,18,21)/t14-,15-/m1/s1. The van der Waals surface area contributed by atoms with Gasteiger partial charge in [-0.1, -0.05) is 30.3 Å². The van der Waals surface area contributed by atoms with Gasteiger partial charge in [0, 0.05) is 38.8 Å². The van der Waals surface area contributed by atoms with Gasteiger partial charge < -0.3 is 15.0 Å². The summed E-state index contributed by atoms with van der Waals surface area (Å²) < 4.78 is 5.46. The number of carbonyl (C=O) groups excluding carboxylic acids is 1. The largest absolute Gasteiger partial charge is 0.379 e. The van der Waals surface area contributed by atoms with E-state index in [2.05, 4.69) is 24.1 Å². The van der Waals surface area contributed by atoms with Crippen LogP contribution < -0.4 is 5.32 Å². The lowest BCUT2D eigenvalue weighted by molar-refractivity contribution is -0.0177. The van der Waals surface area contributed by atoms with Crippen LogP contribution in [0.15, 0.2) is 30.3 Å². The number of nitrogens with one attached hydrogen (secondary N) is 1. The first-order chi connectivity index (χ1) is 10.6. The van der Waals surface area contributed by atoms with Crippen LogP contribution in [0.2, 0.25) is 0 Å². The van der Waals surface area contributed by atoms with Crippen molar-refractivity contribution in [3.05, 3.63) is 35.9 Å². The first kappa shape index (κ1) is 16.8. The summed E-state index contributed by atoms with van der Waals surface area (Å²) in [7, 11) is 1.82. The molecular formula is C17H27N3O2. The van der Waals surface area contributed by atoms with Gasteiger partial charge >= 0.3 is 6.03 Å². The Morgan fingerprint density at radius 2 is 2.18 bits per heavy atom. The number of ether oxygens (including phenoxy) is 1. The summed E-state index contributed by atoms with van der Waals surface area (Å²) in [6, 6.07) is 10.7. The zero-order valence-electron chi connectivity index (χ0n) is 13.8. The van der Waals surface area contributed by atoms with E-state index >= 15 is 0 Å². The summed E-state index contributed by atoms with van der Waals surface area (Å²) in [6.45, 7) is 8.07. The van der Waals surface area contributed by atoms with Crippen LogP contribution in [-0.4, -0.2) is 61.3 Å². The lowest BCUT2D eigenvalue weighted by atomic mass is 10.2. The van der Waals surface area contributed by atoms with Crippen LogP contribution in [0.4, 0.5) is 4.79 Å². The van der Waals surface area contributed by atoms with Gasteiger partial charge in [-0.25, -0.2) is 4.79 Å². The molecular weight excluding hydrogens is 278 g/mol. The number of benzene rings is 1. The Balaban J connectivity index is 1.76. The van der Waals surface area contributed by atoms with E-state index in [1.807, 2.05) is 37.4 Å². The van der Waals surface area contributed by atoms with Gasteiger partial charge in [0.25, 0.3) is 0 Å². The van der Waals surface area contributed by atoms with Crippen molar-refractivity contribution in [1.82, 2.24) is 15.1 Å². The molecule has 1 aliphatic rings. The third-order valence-electron chi connectivity index (χ3n) is 4.14. The predicted molar refractivity (Wildman–Crippen MR) is 87.8 cm³/mol. The summed E-state index contributed by atoms with van der Waals surface area (Å²) in [6.07, 6.45) is 0. The number of nitrogens with zero attached hydrogens (tertiary/aromatic N) is 2. The zero-order chi connectivity index (χ0) is 15.9. The number of urea groups is 1. The zero-order valence-corrected chi connectivity index (χ0v) is 13.8. The fourth-order valence-corrected chi connectivity index (χ4v) is 2.81. The molecule has 1 aliphatic heterocycles. The maximum absolute atomic E-state index is 12.2. The van der Waals surface area contributed by atoms with Crippen molar-refractivity contribution in [2.45, 2.75) is 32.5 Å². The van der Waals surface area contributed by atoms with E-state index in [-0.39, 0.29) is 6.03 Å². The van der Waals surface area contributed by atoms with Crippen molar-refractivity contribution in [3.63, 3.8) is 0 Å². The van der Waals surface area contributed by atoms with Crippen LogP contribution in [0.1, 0.15) is 19.4 Å². The summed E-state index contributed by atoms with van der Waals surface area (Å²) in [5.74, 6) is 0. The van der Waals surface area contributed by atoms with Gasteiger partial charge in [0.15, 0.2) is 0 Å². The molecule has 122 valence electrons. The average Bonchev–Trinajstić information content (AvgIpc) is 2.53. The second kappa shape index (κ2) is 8.15. The summed E-state index contributed by atoms with van der Waals surface area (Å²) >= 11 is 0. The van der Waals surface area contributed by atoms with E-state index in [4.69, 9.17) is 4.74 Å². The van der Waals surface area contributed by atoms with Crippen LogP contribution in [0.3, 0.4) is 0 Å². The molecule has 5 nitrogen and oxygen atoms in total. The predicted octanol–water partition coefficient (Wildman–Crippen LogP) is 1.94. The minimum atomic E-state index is -0.0309. The Kier molecular flexibility index (Phi) is 6.21. The highest BCUT2D eigenvalue weighted by molar-refractivity contribution is 5.73. The second-order valence-electron chi connectivity index (χ2n) is 6.04. The highest BCUT2D eigenvalue weighted by Gasteiger charge is 2.24. The van der Waals surface area contributed by atoms with Gasteiger partial charge in [-0.15, -0.1) is 0 Å². The first-order valence-corrected chi connectivity index (χ1v) is 7.94. The Hall–Kier alpha value is -1.59. The molecule has 0 unspecified atom stereocenters. The highest BCUT2D eigenvalue weighted by atomic mass is 16.5. The van der Waals surface area contributed by atoms with Crippen molar-refractivity contribution < 1.29 is 9.53 Å². The van der Waals surface area contributed by atoms with Crippen molar-refractivity contribution in [3.8, 4) is 0 Å². The number of hydrogen-bond donors (Lipinski definition) is 1. The Morgan fingerprint density at radius 3 is 2.86 bits per heavy atom. The molecule has 0 spiro atoms. The van der Waals surface area contributed by atoms with Gasteiger partial charge in [-0.2, -0.15) is 0 Å². The van der Waals surface area contributed by atoms with Gasteiger partial charge in [0.05, 0.1) is 13.2 Å². The fourth-order valence-electron chi connectivity index (χ4n) is 2.81. The van der Waals surface area contributed by atoms with Crippen molar-refractivity contribution in [2.24, 2.45) is 0 Å². The van der Waals surface area contributed by atoms with E-state index in [1.54, 1.807) is 4.90 Å². The molecule has 0 aromatic heterocycles. The molecule has 2 rings (SSSR count). The van der Waals surface area contributed by atoms with Crippen LogP contribution in [-0.2, 0) is 11.3 Å². The lowest BCUT2D eigenvalue weighted by Crippen LogP contribution is -2.52. The van der Waals surface area contributed by atoms with Crippen molar-refractivity contribution in [1.29, 1.82) is 0 Å². The minimum Gasteiger partial charge on any atom is -0.379 e. The molecule has 1 aromatic rings. The number of rotatable bonds is 5. The fraction of sp³-hybridized carbons (Fsp3) is 0.588. The minimum absolute atomic E-state index is 0.0309. The highest BCUT2D eigenvalue weighted by Crippen LogP contribution is 2.10. The Labute approximate surface area is 133 Å². The van der Waals surface area contributed by atoms with Crippen LogP contribution >= 0.6 is 0 Å². The molecule has 0 saturated carbocycles. The molecule has 1 saturated heterocycles. The molecule has 2 atom stereocenters. The Bertz CT molecular complexity index is 466. The SMILES string of the molecule is C[C@H](CNC(=O)N(C)Cc1ccccc1)N1CCOC[C@H]1C. The van der Waals surface area contributed by atoms with Gasteiger partial charge in [-0.3, -0.25) is 4.90 Å². The quantitative estimate of drug-likeness (QED) is 0.904. The summed E-state index contributed by atoms with van der Waals surface area (Å²) in [5, 5.41) is 3.02. The third-order valence-corrected chi connectivity index (χ3v) is 4.14. The van der Waals surface area contributed by atoms with Gasteiger partial charge in [-0.05, 0) is 19.4 Å². The monoisotopic (exact) mass is 305 g/mol. The molecule has 2 amide bonds. The summed E-state index contributed by atoms with van der Waals surface area (Å²) in [4.78, 5) is 16.3. The molecule has 1 aromatic carbocycles. The smallest absolute Gasteiger partial charge is 0.317 e.